The third-order valence-corrected chi connectivity index (χ3v) is 9.42. The quantitative estimate of drug-likeness (QED) is 0.331. The number of nitrogens with zero attached hydrogens (tertiary/aromatic N) is 4. The SMILES string of the molecule is O=[SH](=O)C(C1CCC(c2ncnc3cnc4[nH]ccc4c23)CC1)N1CCCC(COc2ccc(F)cc2)C1. The Balaban J connectivity index is 1.13. The van der Waals surface area contributed by atoms with Crippen molar-refractivity contribution in [2.45, 2.75) is 49.8 Å². The second-order valence-electron chi connectivity index (χ2n) is 10.6. The van der Waals surface area contributed by atoms with E-state index in [0.717, 1.165) is 72.7 Å². The molecule has 10 heteroatoms. The molecule has 1 saturated heterocycles. The Hall–Kier alpha value is -3.11. The van der Waals surface area contributed by atoms with Crippen LogP contribution >= 0.6 is 0 Å². The van der Waals surface area contributed by atoms with Crippen molar-refractivity contribution in [3.05, 3.63) is 60.6 Å². The second kappa shape index (κ2) is 10.9. The Morgan fingerprint density at radius 3 is 2.66 bits per heavy atom. The minimum atomic E-state index is -2.59. The van der Waals surface area contributed by atoms with E-state index in [4.69, 9.17) is 9.72 Å². The summed E-state index contributed by atoms with van der Waals surface area (Å²) in [6, 6.07) is 8.06. The van der Waals surface area contributed by atoms with Crippen LogP contribution < -0.4 is 4.74 Å². The van der Waals surface area contributed by atoms with Crippen molar-refractivity contribution in [2.24, 2.45) is 11.8 Å². The van der Waals surface area contributed by atoms with Crippen molar-refractivity contribution < 1.29 is 17.5 Å². The summed E-state index contributed by atoms with van der Waals surface area (Å²) in [4.78, 5) is 18.9. The van der Waals surface area contributed by atoms with Gasteiger partial charge in [-0.05, 0) is 81.3 Å². The largest absolute Gasteiger partial charge is 0.493 e. The third-order valence-electron chi connectivity index (χ3n) is 8.24. The van der Waals surface area contributed by atoms with Crippen LogP contribution in [0.15, 0.2) is 49.1 Å². The molecular formula is C28H32FN5O3S. The number of halogens is 1. The zero-order valence-corrected chi connectivity index (χ0v) is 22.0. The topological polar surface area (TPSA) is 101 Å². The molecule has 4 heterocycles. The Bertz CT molecular complexity index is 1480. The van der Waals surface area contributed by atoms with Gasteiger partial charge in [0.25, 0.3) is 0 Å². The van der Waals surface area contributed by atoms with Crippen LogP contribution in [0, 0.1) is 17.7 Å². The second-order valence-corrected chi connectivity index (χ2v) is 11.7. The average molecular weight is 538 g/mol. The van der Waals surface area contributed by atoms with Gasteiger partial charge in [-0.3, -0.25) is 4.90 Å². The highest BCUT2D eigenvalue weighted by Gasteiger charge is 2.37. The minimum absolute atomic E-state index is 0.103. The zero-order chi connectivity index (χ0) is 26.1. The van der Waals surface area contributed by atoms with Crippen LogP contribution in [0.3, 0.4) is 0 Å². The number of aromatic nitrogens is 4. The zero-order valence-electron chi connectivity index (χ0n) is 21.1. The summed E-state index contributed by atoms with van der Waals surface area (Å²) < 4.78 is 44.2. The molecule has 0 bridgehead atoms. The first-order valence-electron chi connectivity index (χ1n) is 13.4. The third kappa shape index (κ3) is 5.11. The lowest BCUT2D eigenvalue weighted by Crippen LogP contribution is -2.48. The fourth-order valence-electron chi connectivity index (χ4n) is 6.40. The Kier molecular flexibility index (Phi) is 7.25. The lowest BCUT2D eigenvalue weighted by atomic mass is 9.79. The number of aromatic amines is 1. The van der Waals surface area contributed by atoms with Gasteiger partial charge in [-0.2, -0.15) is 0 Å². The molecule has 2 unspecified atom stereocenters. The molecule has 200 valence electrons. The molecular weight excluding hydrogens is 505 g/mol. The Labute approximate surface area is 222 Å². The highest BCUT2D eigenvalue weighted by atomic mass is 32.2. The fraction of sp³-hybridized carbons (Fsp3) is 0.464. The first-order valence-corrected chi connectivity index (χ1v) is 14.6. The van der Waals surface area contributed by atoms with Crippen molar-refractivity contribution in [3.63, 3.8) is 0 Å². The summed E-state index contributed by atoms with van der Waals surface area (Å²) in [6.45, 7) is 1.99. The van der Waals surface area contributed by atoms with Crippen molar-refractivity contribution in [3.8, 4) is 5.75 Å². The summed E-state index contributed by atoms with van der Waals surface area (Å²) in [5.74, 6) is 0.957. The molecule has 1 saturated carbocycles. The average Bonchev–Trinajstić information content (AvgIpc) is 3.42. The Morgan fingerprint density at radius 2 is 1.87 bits per heavy atom. The molecule has 2 aliphatic rings. The van der Waals surface area contributed by atoms with Gasteiger partial charge in [0.1, 0.15) is 28.9 Å². The van der Waals surface area contributed by atoms with Gasteiger partial charge in [-0.1, -0.05) is 0 Å². The molecule has 0 radical (unpaired) electrons. The smallest absolute Gasteiger partial charge is 0.156 e. The van der Waals surface area contributed by atoms with Crippen LogP contribution in [-0.4, -0.2) is 58.3 Å². The molecule has 6 rings (SSSR count). The summed E-state index contributed by atoms with van der Waals surface area (Å²) in [6.07, 6.45) is 10.7. The first kappa shape index (κ1) is 25.2. The number of H-pyrrole nitrogens is 1. The number of piperidine rings is 1. The van der Waals surface area contributed by atoms with Crippen molar-refractivity contribution >= 4 is 32.6 Å². The minimum Gasteiger partial charge on any atom is -0.493 e. The summed E-state index contributed by atoms with van der Waals surface area (Å²) in [5, 5.41) is 1.62. The van der Waals surface area contributed by atoms with Crippen LogP contribution in [0.1, 0.15) is 50.1 Å². The lowest BCUT2D eigenvalue weighted by Gasteiger charge is -2.41. The molecule has 2 atom stereocenters. The standard InChI is InChI=1S/C28H32FN5O3S/c29-21-7-9-22(10-8-21)37-16-18-2-1-13-34(15-18)28(38(35)36)20-5-3-19(4-6-20)26-25-23-11-12-30-27(23)31-14-24(25)32-17-33-26/h7-12,14,17-20,28,38H,1-6,13,15-16H2,(H,30,31). The fourth-order valence-corrected chi connectivity index (χ4v) is 7.52. The van der Waals surface area contributed by atoms with Gasteiger partial charge >= 0.3 is 0 Å². The van der Waals surface area contributed by atoms with Gasteiger partial charge < -0.3 is 9.72 Å². The number of benzene rings is 1. The predicted molar refractivity (Wildman–Crippen MR) is 144 cm³/mol. The van der Waals surface area contributed by atoms with Crippen LogP contribution in [0.25, 0.3) is 21.9 Å². The number of ether oxygens (including phenoxy) is 1. The summed E-state index contributed by atoms with van der Waals surface area (Å²) in [5.41, 5.74) is 2.71. The first-order chi connectivity index (χ1) is 18.6. The van der Waals surface area contributed by atoms with Crippen LogP contribution in [-0.2, 0) is 10.7 Å². The van der Waals surface area contributed by atoms with E-state index in [1.165, 1.54) is 12.1 Å². The van der Waals surface area contributed by atoms with E-state index in [1.54, 1.807) is 24.7 Å². The normalized spacial score (nSPS) is 23.7. The van der Waals surface area contributed by atoms with Gasteiger partial charge in [-0.25, -0.2) is 27.8 Å². The number of likely N-dealkylation sites (tertiary alicyclic amines) is 1. The van der Waals surface area contributed by atoms with Crippen LogP contribution in [0.4, 0.5) is 4.39 Å². The molecule has 8 nitrogen and oxygen atoms in total. The number of hydrogen-bond donors (Lipinski definition) is 2. The van der Waals surface area contributed by atoms with E-state index in [1.807, 2.05) is 12.3 Å². The molecule has 0 spiro atoms. The maximum atomic E-state index is 13.2. The number of thiol groups is 1. The van der Waals surface area contributed by atoms with Gasteiger partial charge in [0.15, 0.2) is 10.7 Å². The maximum Gasteiger partial charge on any atom is 0.156 e. The van der Waals surface area contributed by atoms with Crippen molar-refractivity contribution in [1.82, 2.24) is 24.8 Å². The van der Waals surface area contributed by atoms with E-state index in [-0.39, 0.29) is 23.6 Å². The van der Waals surface area contributed by atoms with Crippen molar-refractivity contribution in [2.75, 3.05) is 19.7 Å². The highest BCUT2D eigenvalue weighted by molar-refractivity contribution is 7.73. The van der Waals surface area contributed by atoms with Crippen LogP contribution in [0.5, 0.6) is 5.75 Å². The Morgan fingerprint density at radius 1 is 1.05 bits per heavy atom. The van der Waals surface area contributed by atoms with E-state index < -0.39 is 16.1 Å². The molecule has 0 amide bonds. The van der Waals surface area contributed by atoms with Gasteiger partial charge in [0, 0.05) is 35.3 Å². The molecule has 4 aromatic rings. The number of fused-ring (bicyclic) bond motifs is 3. The molecule has 1 aliphatic heterocycles. The molecule has 2 fully saturated rings. The molecule has 1 aliphatic carbocycles. The van der Waals surface area contributed by atoms with E-state index in [0.29, 0.717) is 18.9 Å². The molecule has 1 aromatic carbocycles. The highest BCUT2D eigenvalue weighted by Crippen LogP contribution is 2.41. The van der Waals surface area contributed by atoms with E-state index in [9.17, 15) is 12.8 Å². The van der Waals surface area contributed by atoms with E-state index in [2.05, 4.69) is 19.9 Å². The maximum absolute atomic E-state index is 13.2. The summed E-state index contributed by atoms with van der Waals surface area (Å²) >= 11 is 0. The van der Waals surface area contributed by atoms with Gasteiger partial charge in [0.05, 0.1) is 24.0 Å². The molecule has 38 heavy (non-hydrogen) atoms. The van der Waals surface area contributed by atoms with Gasteiger partial charge in [0.2, 0.25) is 0 Å². The lowest BCUT2D eigenvalue weighted by molar-refractivity contribution is 0.0898. The molecule has 3 aromatic heterocycles. The van der Waals surface area contributed by atoms with Gasteiger partial charge in [-0.15, -0.1) is 0 Å². The number of nitrogens with one attached hydrogen (secondary N) is 1. The monoisotopic (exact) mass is 537 g/mol. The predicted octanol–water partition coefficient (Wildman–Crippen LogP) is 4.65. The van der Waals surface area contributed by atoms with Crippen LogP contribution in [0.2, 0.25) is 0 Å². The number of pyridine rings is 1. The number of hydrogen-bond acceptors (Lipinski definition) is 7. The van der Waals surface area contributed by atoms with Crippen molar-refractivity contribution in [1.29, 1.82) is 0 Å². The molecule has 1 N–H and O–H groups in total. The number of rotatable bonds is 7. The summed E-state index contributed by atoms with van der Waals surface area (Å²) in [7, 11) is -2.59. The van der Waals surface area contributed by atoms with E-state index >= 15 is 0 Å².